The predicted octanol–water partition coefficient (Wildman–Crippen LogP) is 5.99. The first-order chi connectivity index (χ1) is 14.7. The van der Waals surface area contributed by atoms with Gasteiger partial charge in [-0.15, -0.1) is 11.3 Å². The van der Waals surface area contributed by atoms with E-state index in [-0.39, 0.29) is 17.1 Å². The lowest BCUT2D eigenvalue weighted by Crippen LogP contribution is -2.17. The van der Waals surface area contributed by atoms with Gasteiger partial charge in [0.15, 0.2) is 5.76 Å². The van der Waals surface area contributed by atoms with E-state index >= 15 is 0 Å². The summed E-state index contributed by atoms with van der Waals surface area (Å²) in [7, 11) is 0. The highest BCUT2D eigenvalue weighted by Crippen LogP contribution is 2.38. The fraction of sp³-hybridized carbons (Fsp3) is 0.273. The van der Waals surface area contributed by atoms with E-state index in [4.69, 9.17) is 4.42 Å². The highest BCUT2D eigenvalue weighted by molar-refractivity contribution is 7.14. The number of hydrogen-bond acceptors (Lipinski definition) is 4. The van der Waals surface area contributed by atoms with Crippen molar-refractivity contribution in [2.24, 2.45) is 5.92 Å². The van der Waals surface area contributed by atoms with Crippen molar-refractivity contribution in [3.8, 4) is 0 Å². The van der Waals surface area contributed by atoms with Crippen LogP contribution in [0, 0.1) is 5.92 Å². The second-order valence-corrected chi connectivity index (χ2v) is 8.69. The molecule has 1 atom stereocenters. The number of carbonyl (C=O) groups excluding carboxylic acids is 2. The lowest BCUT2D eigenvalue weighted by molar-refractivity contribution is -0.136. The lowest BCUT2D eigenvalue weighted by atomic mass is 9.90. The van der Waals surface area contributed by atoms with Crippen LogP contribution in [0.4, 0.5) is 24.5 Å². The number of aryl methyl sites for hydroxylation is 1. The molecule has 0 fully saturated rings. The number of fused-ring (bicyclic) bond motifs is 1. The van der Waals surface area contributed by atoms with Crippen LogP contribution in [0.2, 0.25) is 0 Å². The molecular weight excluding hydrogens is 429 g/mol. The highest BCUT2D eigenvalue weighted by Gasteiger charge is 2.35. The smallest absolute Gasteiger partial charge is 0.418 e. The number of thiophene rings is 1. The average molecular weight is 448 g/mol. The Balaban J connectivity index is 1.56. The summed E-state index contributed by atoms with van der Waals surface area (Å²) in [5.41, 5.74) is -0.380. The molecule has 3 aromatic rings. The van der Waals surface area contributed by atoms with Gasteiger partial charge in [0.1, 0.15) is 0 Å². The molecule has 1 aliphatic rings. The molecule has 9 heteroatoms. The first-order valence-corrected chi connectivity index (χ1v) is 10.5. The first kappa shape index (κ1) is 21.2. The third-order valence-electron chi connectivity index (χ3n) is 5.13. The Kier molecular flexibility index (Phi) is 5.62. The molecule has 0 spiro atoms. The molecule has 2 amide bonds. The van der Waals surface area contributed by atoms with Crippen molar-refractivity contribution in [2.45, 2.75) is 32.4 Å². The SMILES string of the molecule is C[C@H]1CCc2sc(C(=O)Nc3ccc(NC(=O)c4ccco4)cc3C(F)(F)F)cc2C1. The first-order valence-electron chi connectivity index (χ1n) is 9.69. The molecule has 162 valence electrons. The second kappa shape index (κ2) is 8.22. The van der Waals surface area contributed by atoms with E-state index in [0.717, 1.165) is 41.8 Å². The number of furan rings is 1. The van der Waals surface area contributed by atoms with E-state index in [2.05, 4.69) is 17.6 Å². The topological polar surface area (TPSA) is 71.3 Å². The largest absolute Gasteiger partial charge is 0.459 e. The van der Waals surface area contributed by atoms with E-state index in [0.29, 0.717) is 10.8 Å². The van der Waals surface area contributed by atoms with Gasteiger partial charge in [-0.3, -0.25) is 9.59 Å². The summed E-state index contributed by atoms with van der Waals surface area (Å²) < 4.78 is 45.9. The van der Waals surface area contributed by atoms with Crippen LogP contribution in [0.1, 0.15) is 49.6 Å². The summed E-state index contributed by atoms with van der Waals surface area (Å²) >= 11 is 1.33. The molecule has 0 saturated carbocycles. The standard InChI is InChI=1S/C22H19F3N2O3S/c1-12-4-7-18-13(9-12)10-19(31-18)21(29)27-16-6-5-14(11-15(16)22(23,24)25)26-20(28)17-3-2-8-30-17/h2-3,5-6,8,10-12H,4,7,9H2,1H3,(H,26,28)(H,27,29)/t12-/m0/s1. The van der Waals surface area contributed by atoms with E-state index in [1.165, 1.54) is 35.8 Å². The summed E-state index contributed by atoms with van der Waals surface area (Å²) in [6.45, 7) is 2.14. The minimum atomic E-state index is -4.72. The number of rotatable bonds is 4. The summed E-state index contributed by atoms with van der Waals surface area (Å²) in [6, 6.07) is 7.89. The van der Waals surface area contributed by atoms with E-state index in [9.17, 15) is 22.8 Å². The van der Waals surface area contributed by atoms with Gasteiger partial charge in [0.05, 0.1) is 22.4 Å². The number of hydrogen-bond donors (Lipinski definition) is 2. The molecule has 2 aromatic heterocycles. The monoisotopic (exact) mass is 448 g/mol. The van der Waals surface area contributed by atoms with Gasteiger partial charge in [-0.05, 0) is 67.1 Å². The van der Waals surface area contributed by atoms with Crippen LogP contribution < -0.4 is 10.6 Å². The Hall–Kier alpha value is -3.07. The molecule has 0 radical (unpaired) electrons. The van der Waals surface area contributed by atoms with Crippen LogP contribution in [-0.2, 0) is 19.0 Å². The van der Waals surface area contributed by atoms with Crippen LogP contribution in [0.25, 0.3) is 0 Å². The van der Waals surface area contributed by atoms with Gasteiger partial charge in [-0.25, -0.2) is 0 Å². The van der Waals surface area contributed by atoms with Crippen LogP contribution in [-0.4, -0.2) is 11.8 Å². The zero-order valence-electron chi connectivity index (χ0n) is 16.5. The van der Waals surface area contributed by atoms with Crippen LogP contribution >= 0.6 is 11.3 Å². The average Bonchev–Trinajstić information content (AvgIpc) is 3.37. The molecular formula is C22H19F3N2O3S. The van der Waals surface area contributed by atoms with Gasteiger partial charge in [0, 0.05) is 10.6 Å². The molecule has 1 aromatic carbocycles. The van der Waals surface area contributed by atoms with Crippen molar-refractivity contribution >= 4 is 34.5 Å². The Morgan fingerprint density at radius 1 is 1.13 bits per heavy atom. The van der Waals surface area contributed by atoms with Crippen molar-refractivity contribution in [1.82, 2.24) is 0 Å². The van der Waals surface area contributed by atoms with Crippen LogP contribution in [0.3, 0.4) is 0 Å². The number of benzene rings is 1. The van der Waals surface area contributed by atoms with E-state index < -0.39 is 23.6 Å². The van der Waals surface area contributed by atoms with Gasteiger partial charge in [0.2, 0.25) is 0 Å². The predicted molar refractivity (Wildman–Crippen MR) is 112 cm³/mol. The Morgan fingerprint density at radius 2 is 1.94 bits per heavy atom. The fourth-order valence-corrected chi connectivity index (χ4v) is 4.67. The number of amides is 2. The van der Waals surface area contributed by atoms with Gasteiger partial charge >= 0.3 is 6.18 Å². The fourth-order valence-electron chi connectivity index (χ4n) is 3.57. The van der Waals surface area contributed by atoms with Crippen molar-refractivity contribution in [2.75, 3.05) is 10.6 Å². The van der Waals surface area contributed by atoms with Crippen LogP contribution in [0.5, 0.6) is 0 Å². The van der Waals surface area contributed by atoms with Crippen molar-refractivity contribution in [1.29, 1.82) is 0 Å². The molecule has 0 saturated heterocycles. The molecule has 0 unspecified atom stereocenters. The second-order valence-electron chi connectivity index (χ2n) is 7.55. The number of anilines is 2. The van der Waals surface area contributed by atoms with E-state index in [1.807, 2.05) is 0 Å². The minimum Gasteiger partial charge on any atom is -0.459 e. The van der Waals surface area contributed by atoms with Crippen LogP contribution in [0.15, 0.2) is 47.1 Å². The normalized spacial score (nSPS) is 15.9. The summed E-state index contributed by atoms with van der Waals surface area (Å²) in [6.07, 6.45) is -0.642. The molecule has 0 bridgehead atoms. The van der Waals surface area contributed by atoms with Gasteiger partial charge < -0.3 is 15.1 Å². The minimum absolute atomic E-state index is 0.0260. The molecule has 31 heavy (non-hydrogen) atoms. The Labute approximate surface area is 180 Å². The molecule has 0 aliphatic heterocycles. The maximum Gasteiger partial charge on any atom is 0.418 e. The van der Waals surface area contributed by atoms with Gasteiger partial charge in [0.25, 0.3) is 11.8 Å². The van der Waals surface area contributed by atoms with Gasteiger partial charge in [-0.1, -0.05) is 6.92 Å². The summed E-state index contributed by atoms with van der Waals surface area (Å²) in [4.78, 5) is 26.2. The lowest BCUT2D eigenvalue weighted by Gasteiger charge is -2.16. The Morgan fingerprint density at radius 3 is 2.65 bits per heavy atom. The number of carbonyl (C=O) groups is 2. The molecule has 2 heterocycles. The number of nitrogens with one attached hydrogen (secondary N) is 2. The number of alkyl halides is 3. The van der Waals surface area contributed by atoms with Crippen molar-refractivity contribution in [3.63, 3.8) is 0 Å². The zero-order valence-corrected chi connectivity index (χ0v) is 17.3. The molecule has 1 aliphatic carbocycles. The third-order valence-corrected chi connectivity index (χ3v) is 6.36. The third kappa shape index (κ3) is 4.66. The quantitative estimate of drug-likeness (QED) is 0.515. The molecule has 5 nitrogen and oxygen atoms in total. The maximum atomic E-state index is 13.6. The summed E-state index contributed by atoms with van der Waals surface area (Å²) in [5.74, 6) is -0.751. The maximum absolute atomic E-state index is 13.6. The van der Waals surface area contributed by atoms with Crippen molar-refractivity contribution < 1.29 is 27.2 Å². The van der Waals surface area contributed by atoms with Crippen molar-refractivity contribution in [3.05, 3.63) is 69.3 Å². The highest BCUT2D eigenvalue weighted by atomic mass is 32.1. The molecule has 2 N–H and O–H groups in total. The van der Waals surface area contributed by atoms with Gasteiger partial charge in [-0.2, -0.15) is 13.2 Å². The molecule has 4 rings (SSSR count). The zero-order chi connectivity index (χ0) is 22.2. The van der Waals surface area contributed by atoms with E-state index in [1.54, 1.807) is 6.07 Å². The Bertz CT molecular complexity index is 1120. The summed E-state index contributed by atoms with van der Waals surface area (Å²) in [5, 5.41) is 4.74. The number of halogens is 3.